The Balaban J connectivity index is 1.71. The van der Waals surface area contributed by atoms with Crippen molar-refractivity contribution in [2.45, 2.75) is 55.9 Å². The van der Waals surface area contributed by atoms with Crippen LogP contribution in [0.15, 0.2) is 29.5 Å². The van der Waals surface area contributed by atoms with Crippen LogP contribution in [-0.2, 0) is 25.5 Å². The Bertz CT molecular complexity index is 1420. The van der Waals surface area contributed by atoms with Crippen molar-refractivity contribution in [3.05, 3.63) is 46.2 Å². The number of hydrogen-bond acceptors (Lipinski definition) is 11. The number of ketones is 2. The fourth-order valence-corrected chi connectivity index (χ4v) is 6.03. The first-order valence-corrected chi connectivity index (χ1v) is 11.9. The number of Topliss-reactive ketones (excluding diaryl/α,β-unsaturated/α-hetero) is 2. The molecule has 12 heteroatoms. The molecule has 5 rings (SSSR count). The van der Waals surface area contributed by atoms with E-state index in [1.807, 2.05) is 0 Å². The van der Waals surface area contributed by atoms with Crippen molar-refractivity contribution in [1.29, 1.82) is 0 Å². The second kappa shape index (κ2) is 8.75. The van der Waals surface area contributed by atoms with Crippen molar-refractivity contribution in [1.82, 2.24) is 0 Å². The van der Waals surface area contributed by atoms with Gasteiger partial charge in [0.05, 0.1) is 29.3 Å². The van der Waals surface area contributed by atoms with E-state index in [0.29, 0.717) is 5.39 Å². The highest BCUT2D eigenvalue weighted by atomic mass is 16.5. The quantitative estimate of drug-likeness (QED) is 0.258. The lowest BCUT2D eigenvalue weighted by atomic mass is 9.62. The van der Waals surface area contributed by atoms with Gasteiger partial charge in [-0.15, -0.1) is 0 Å². The first-order valence-electron chi connectivity index (χ1n) is 11.9. The number of amides is 1. The number of hydrogen-bond donors (Lipinski definition) is 7. The molecule has 2 aromatic carbocycles. The highest BCUT2D eigenvalue weighted by molar-refractivity contribution is 6.24. The number of aliphatic hydroxyl groups excluding tert-OH is 4. The van der Waals surface area contributed by atoms with Gasteiger partial charge in [-0.25, -0.2) is 0 Å². The van der Waals surface area contributed by atoms with Gasteiger partial charge >= 0.3 is 0 Å². The first-order chi connectivity index (χ1) is 17.9. The molecule has 3 aliphatic rings. The summed E-state index contributed by atoms with van der Waals surface area (Å²) in [5, 5.41) is 64.5. The molecule has 0 saturated carbocycles. The number of phenolic OH excluding ortho intramolecular Hbond substituents is 2. The highest BCUT2D eigenvalue weighted by Crippen LogP contribution is 2.51. The van der Waals surface area contributed by atoms with Gasteiger partial charge in [-0.1, -0.05) is 18.2 Å². The van der Waals surface area contributed by atoms with E-state index in [2.05, 4.69) is 0 Å². The molecule has 1 fully saturated rings. The molecular weight excluding hydrogens is 502 g/mol. The first kappa shape index (κ1) is 26.1. The molecule has 2 aromatic rings. The molecule has 0 spiro atoms. The number of benzene rings is 2. The van der Waals surface area contributed by atoms with Crippen LogP contribution < -0.4 is 5.73 Å². The Morgan fingerprint density at radius 3 is 2.42 bits per heavy atom. The van der Waals surface area contributed by atoms with E-state index < -0.39 is 82.3 Å². The molecule has 1 heterocycles. The number of phenols is 2. The summed E-state index contributed by atoms with van der Waals surface area (Å²) in [4.78, 5) is 38.4. The van der Waals surface area contributed by atoms with Gasteiger partial charge in [0.25, 0.3) is 5.91 Å². The van der Waals surface area contributed by atoms with Gasteiger partial charge in [-0.3, -0.25) is 14.4 Å². The van der Waals surface area contributed by atoms with Crippen LogP contribution in [0.4, 0.5) is 0 Å². The minimum atomic E-state index is -2.40. The van der Waals surface area contributed by atoms with E-state index in [1.54, 1.807) is 13.0 Å². The standard InChI is InChI=1S/C26H27NO11/c1-8-18(29)13(28)7-14(38-8)11-4-3-9-5-10-6-12-20(31)22(33)17(25(27)36)24(35)26(12,37-2)23(34)16(10)21(32)15(9)19(11)30/h3-5,8,12-14,18,20,28-32,35H,6-7H2,1-2H3,(H2,27,36)/t8?,12-,13?,14?,18?,20+,26-/m0/s1. The summed E-state index contributed by atoms with van der Waals surface area (Å²) in [7, 11) is 1.04. The molecule has 1 aliphatic heterocycles. The number of carbonyl (C=O) groups is 3. The van der Waals surface area contributed by atoms with Crippen LogP contribution in [0.3, 0.4) is 0 Å². The second-order valence-corrected chi connectivity index (χ2v) is 9.96. The second-order valence-electron chi connectivity index (χ2n) is 9.96. The Morgan fingerprint density at radius 1 is 1.13 bits per heavy atom. The summed E-state index contributed by atoms with van der Waals surface area (Å²) >= 11 is 0. The van der Waals surface area contributed by atoms with Crippen molar-refractivity contribution in [3.63, 3.8) is 0 Å². The maximum absolute atomic E-state index is 13.9. The molecule has 12 nitrogen and oxygen atoms in total. The van der Waals surface area contributed by atoms with Crippen LogP contribution in [0.5, 0.6) is 11.5 Å². The van der Waals surface area contributed by atoms with Gasteiger partial charge in [-0.05, 0) is 24.3 Å². The van der Waals surface area contributed by atoms with E-state index in [9.17, 15) is 45.0 Å². The molecule has 0 aromatic heterocycles. The Morgan fingerprint density at radius 2 is 1.82 bits per heavy atom. The van der Waals surface area contributed by atoms with E-state index >= 15 is 0 Å². The van der Waals surface area contributed by atoms with E-state index in [4.69, 9.17) is 15.2 Å². The zero-order valence-electron chi connectivity index (χ0n) is 20.4. The van der Waals surface area contributed by atoms with Gasteiger partial charge in [0.2, 0.25) is 11.6 Å². The maximum atomic E-state index is 13.9. The monoisotopic (exact) mass is 529 g/mol. The van der Waals surface area contributed by atoms with Gasteiger partial charge in [0.1, 0.15) is 35.0 Å². The maximum Gasteiger partial charge on any atom is 0.255 e. The van der Waals surface area contributed by atoms with Crippen molar-refractivity contribution < 1.29 is 54.5 Å². The number of aliphatic hydroxyl groups is 4. The molecule has 0 radical (unpaired) electrons. The Hall–Kier alpha value is -3.55. The Kier molecular flexibility index (Phi) is 6.00. The van der Waals surface area contributed by atoms with Crippen molar-refractivity contribution in [2.24, 2.45) is 11.7 Å². The van der Waals surface area contributed by atoms with Crippen LogP contribution in [-0.4, -0.2) is 85.2 Å². The SMILES string of the molecule is CO[C@]12C(=O)c3c(cc4ccc(C5CC(O)C(O)C(C)O5)c(O)c4c3O)C[C@H]1[C@@H](O)C(=O)C(C(N)=O)=C2O. The van der Waals surface area contributed by atoms with Gasteiger partial charge < -0.3 is 45.8 Å². The predicted octanol–water partition coefficient (Wildman–Crippen LogP) is -0.196. The van der Waals surface area contributed by atoms with Crippen LogP contribution in [0.25, 0.3) is 10.8 Å². The lowest BCUT2D eigenvalue weighted by Crippen LogP contribution is -2.62. The number of nitrogens with two attached hydrogens (primary N) is 1. The summed E-state index contributed by atoms with van der Waals surface area (Å²) in [6.07, 6.45) is -5.98. The number of carbonyl (C=O) groups excluding carboxylic acids is 3. The molecule has 1 amide bonds. The topological polar surface area (TPSA) is 217 Å². The largest absolute Gasteiger partial charge is 0.508 e. The number of primary amides is 1. The zero-order valence-corrected chi connectivity index (χ0v) is 20.4. The van der Waals surface area contributed by atoms with E-state index in [-0.39, 0.29) is 34.9 Å². The minimum absolute atomic E-state index is 0.0375. The van der Waals surface area contributed by atoms with Crippen LogP contribution in [0.2, 0.25) is 0 Å². The third-order valence-electron chi connectivity index (χ3n) is 8.00. The fourth-order valence-electron chi connectivity index (χ4n) is 6.03. The molecule has 202 valence electrons. The average Bonchev–Trinajstić information content (AvgIpc) is 2.85. The van der Waals surface area contributed by atoms with E-state index in [0.717, 1.165) is 7.11 Å². The lowest BCUT2D eigenvalue weighted by molar-refractivity contribution is -0.163. The van der Waals surface area contributed by atoms with Gasteiger partial charge in [0.15, 0.2) is 5.60 Å². The summed E-state index contributed by atoms with van der Waals surface area (Å²) in [5.41, 5.74) is 1.95. The molecule has 4 unspecified atom stereocenters. The number of rotatable bonds is 3. The molecule has 8 N–H and O–H groups in total. The van der Waals surface area contributed by atoms with Crippen molar-refractivity contribution in [3.8, 4) is 11.5 Å². The zero-order chi connectivity index (χ0) is 27.8. The Labute approximate surface area is 215 Å². The summed E-state index contributed by atoms with van der Waals surface area (Å²) in [6.45, 7) is 1.56. The lowest BCUT2D eigenvalue weighted by Gasteiger charge is -2.46. The molecule has 2 aliphatic carbocycles. The van der Waals surface area contributed by atoms with Gasteiger partial charge in [0, 0.05) is 25.0 Å². The third kappa shape index (κ3) is 3.31. The van der Waals surface area contributed by atoms with Crippen molar-refractivity contribution >= 4 is 28.2 Å². The fraction of sp³-hybridized carbons (Fsp3) is 0.423. The molecular formula is C26H27NO11. The summed E-state index contributed by atoms with van der Waals surface area (Å²) < 4.78 is 11.1. The number of methoxy groups -OCH3 is 1. The molecule has 1 saturated heterocycles. The number of ether oxygens (including phenoxy) is 2. The number of fused-ring (bicyclic) bond motifs is 3. The third-order valence-corrected chi connectivity index (χ3v) is 8.00. The molecule has 38 heavy (non-hydrogen) atoms. The molecule has 7 atom stereocenters. The van der Waals surface area contributed by atoms with Crippen LogP contribution in [0.1, 0.15) is 40.9 Å². The predicted molar refractivity (Wildman–Crippen MR) is 128 cm³/mol. The smallest absolute Gasteiger partial charge is 0.255 e. The molecule has 0 bridgehead atoms. The summed E-state index contributed by atoms with van der Waals surface area (Å²) in [5.74, 6) is -7.03. The van der Waals surface area contributed by atoms with Crippen molar-refractivity contribution in [2.75, 3.05) is 7.11 Å². The highest BCUT2D eigenvalue weighted by Gasteiger charge is 2.63. The van der Waals surface area contributed by atoms with Crippen LogP contribution >= 0.6 is 0 Å². The average molecular weight is 529 g/mol. The van der Waals surface area contributed by atoms with Gasteiger partial charge in [-0.2, -0.15) is 0 Å². The minimum Gasteiger partial charge on any atom is -0.508 e. The number of aromatic hydroxyl groups is 2. The normalized spacial score (nSPS) is 33.3. The van der Waals surface area contributed by atoms with Crippen LogP contribution in [0, 0.1) is 5.92 Å². The summed E-state index contributed by atoms with van der Waals surface area (Å²) in [6, 6.07) is 4.58. The van der Waals surface area contributed by atoms with E-state index in [1.165, 1.54) is 12.1 Å².